The molecule has 1 amide bonds. The highest BCUT2D eigenvalue weighted by Gasteiger charge is 2.29. The molecule has 3 heterocycles. The van der Waals surface area contributed by atoms with E-state index >= 15 is 0 Å². The number of carbonyl (C=O) groups excluding carboxylic acids is 1. The van der Waals surface area contributed by atoms with Gasteiger partial charge in [-0.1, -0.05) is 20.8 Å². The average molecular weight is 424 g/mol. The van der Waals surface area contributed by atoms with Crippen molar-refractivity contribution >= 4 is 11.7 Å². The molecular weight excluding hydrogens is 386 g/mol. The maximum absolute atomic E-state index is 12.7. The van der Waals surface area contributed by atoms with Crippen LogP contribution < -0.4 is 4.90 Å². The van der Waals surface area contributed by atoms with Gasteiger partial charge in [0.05, 0.1) is 12.1 Å². The molecule has 2 aliphatic heterocycles. The van der Waals surface area contributed by atoms with E-state index in [-0.39, 0.29) is 5.91 Å². The van der Waals surface area contributed by atoms with Crippen molar-refractivity contribution in [2.45, 2.75) is 59.3 Å². The summed E-state index contributed by atoms with van der Waals surface area (Å²) in [4.78, 5) is 24.4. The van der Waals surface area contributed by atoms with Gasteiger partial charge in [-0.05, 0) is 61.5 Å². The molecule has 4 rings (SSSR count). The van der Waals surface area contributed by atoms with Crippen molar-refractivity contribution in [3.63, 3.8) is 0 Å². The Morgan fingerprint density at radius 1 is 1.10 bits per heavy atom. The van der Waals surface area contributed by atoms with Crippen molar-refractivity contribution in [3.05, 3.63) is 22.4 Å². The molecule has 1 aliphatic carbocycles. The van der Waals surface area contributed by atoms with Gasteiger partial charge in [0.25, 0.3) is 0 Å². The van der Waals surface area contributed by atoms with Crippen molar-refractivity contribution in [3.8, 4) is 6.07 Å². The Morgan fingerprint density at radius 2 is 1.77 bits per heavy atom. The minimum absolute atomic E-state index is 0.271. The Balaban J connectivity index is 1.43. The fourth-order valence-electron chi connectivity index (χ4n) is 5.29. The molecule has 168 valence electrons. The molecule has 0 spiro atoms. The van der Waals surface area contributed by atoms with Gasteiger partial charge in [0, 0.05) is 45.0 Å². The zero-order valence-electron chi connectivity index (χ0n) is 19.5. The first-order valence-electron chi connectivity index (χ1n) is 12.2. The summed E-state index contributed by atoms with van der Waals surface area (Å²) in [5, 5.41) is 9.94. The third-order valence-corrected chi connectivity index (χ3v) is 7.21. The Bertz CT molecular complexity index is 842. The van der Waals surface area contributed by atoms with Crippen LogP contribution in [0.25, 0.3) is 0 Å². The van der Waals surface area contributed by atoms with Crippen LogP contribution in [0.5, 0.6) is 0 Å². The highest BCUT2D eigenvalue weighted by Crippen LogP contribution is 2.34. The van der Waals surface area contributed by atoms with Crippen LogP contribution in [-0.2, 0) is 24.1 Å². The second-order valence-corrected chi connectivity index (χ2v) is 10.1. The molecule has 2 saturated heterocycles. The minimum atomic E-state index is 0.271. The molecule has 0 radical (unpaired) electrons. The zero-order chi connectivity index (χ0) is 22.0. The molecular formula is C25H37N5O. The van der Waals surface area contributed by atoms with Crippen molar-refractivity contribution in [2.24, 2.45) is 11.8 Å². The number of hydrogen-bond donors (Lipinski definition) is 0. The summed E-state index contributed by atoms with van der Waals surface area (Å²) >= 11 is 0. The van der Waals surface area contributed by atoms with Crippen LogP contribution in [0.1, 0.15) is 62.4 Å². The molecule has 0 atom stereocenters. The molecule has 1 aromatic rings. The fraction of sp³-hybridized carbons (Fsp3) is 0.720. The summed E-state index contributed by atoms with van der Waals surface area (Å²) in [7, 11) is 0. The number of pyridine rings is 1. The smallest absolute Gasteiger partial charge is 0.236 e. The number of piperidine rings is 1. The summed E-state index contributed by atoms with van der Waals surface area (Å²) in [6.07, 6.45) is 6.42. The van der Waals surface area contributed by atoms with E-state index in [0.717, 1.165) is 95.1 Å². The van der Waals surface area contributed by atoms with Gasteiger partial charge in [0.2, 0.25) is 5.91 Å². The number of rotatable bonds is 5. The lowest BCUT2D eigenvalue weighted by Gasteiger charge is -2.37. The SMILES string of the molecule is CC(C)Cc1nc(N2CCN(CC(=O)N3CCC(C)CC3)CC2)c(C#N)c2c1CCC2. The number of piperazine rings is 1. The Morgan fingerprint density at radius 3 is 2.42 bits per heavy atom. The van der Waals surface area contributed by atoms with E-state index in [4.69, 9.17) is 4.98 Å². The van der Waals surface area contributed by atoms with Crippen LogP contribution in [-0.4, -0.2) is 66.5 Å². The van der Waals surface area contributed by atoms with Gasteiger partial charge >= 0.3 is 0 Å². The van der Waals surface area contributed by atoms with E-state index in [9.17, 15) is 10.1 Å². The van der Waals surface area contributed by atoms with Gasteiger partial charge in [-0.2, -0.15) is 5.26 Å². The summed E-state index contributed by atoms with van der Waals surface area (Å²) in [5.74, 6) is 2.45. The van der Waals surface area contributed by atoms with Gasteiger partial charge in [-0.15, -0.1) is 0 Å². The standard InChI is InChI=1S/C25H37N5O/c1-18(2)15-23-21-6-4-5-20(21)22(16-26)25(27-23)30-13-11-28(12-14-30)17-24(31)29-9-7-19(3)8-10-29/h18-19H,4-15,17H2,1-3H3. The molecule has 2 fully saturated rings. The highest BCUT2D eigenvalue weighted by atomic mass is 16.2. The number of anilines is 1. The largest absolute Gasteiger partial charge is 0.353 e. The highest BCUT2D eigenvalue weighted by molar-refractivity contribution is 5.78. The van der Waals surface area contributed by atoms with Crippen LogP contribution in [0.4, 0.5) is 5.82 Å². The second kappa shape index (κ2) is 9.56. The first kappa shape index (κ1) is 22.1. The van der Waals surface area contributed by atoms with Gasteiger partial charge in [-0.3, -0.25) is 9.69 Å². The molecule has 0 N–H and O–H groups in total. The molecule has 31 heavy (non-hydrogen) atoms. The lowest BCUT2D eigenvalue weighted by molar-refractivity contribution is -0.133. The minimum Gasteiger partial charge on any atom is -0.353 e. The van der Waals surface area contributed by atoms with E-state index in [0.29, 0.717) is 12.5 Å². The fourth-order valence-corrected chi connectivity index (χ4v) is 5.29. The first-order chi connectivity index (χ1) is 15.0. The summed E-state index contributed by atoms with van der Waals surface area (Å²) < 4.78 is 0. The van der Waals surface area contributed by atoms with Crippen LogP contribution in [0.3, 0.4) is 0 Å². The van der Waals surface area contributed by atoms with Crippen LogP contribution in [0.2, 0.25) is 0 Å². The predicted octanol–water partition coefficient (Wildman–Crippen LogP) is 3.02. The number of likely N-dealkylation sites (tertiary alicyclic amines) is 1. The Hall–Kier alpha value is -2.13. The van der Waals surface area contributed by atoms with Gasteiger partial charge in [0.1, 0.15) is 11.9 Å². The summed E-state index contributed by atoms with van der Waals surface area (Å²) in [6.45, 7) is 12.4. The van der Waals surface area contributed by atoms with Gasteiger partial charge in [0.15, 0.2) is 0 Å². The third-order valence-electron chi connectivity index (χ3n) is 7.21. The van der Waals surface area contributed by atoms with Crippen molar-refractivity contribution in [2.75, 3.05) is 50.7 Å². The van der Waals surface area contributed by atoms with Crippen LogP contribution >= 0.6 is 0 Å². The number of amides is 1. The molecule has 1 aromatic heterocycles. The molecule has 0 bridgehead atoms. The number of nitrogens with zero attached hydrogens (tertiary/aromatic N) is 5. The number of nitriles is 1. The molecule has 6 nitrogen and oxygen atoms in total. The first-order valence-corrected chi connectivity index (χ1v) is 12.2. The summed E-state index contributed by atoms with van der Waals surface area (Å²) in [6, 6.07) is 2.49. The molecule has 0 saturated carbocycles. The molecule has 0 unspecified atom stereocenters. The van der Waals surface area contributed by atoms with Crippen LogP contribution in [0.15, 0.2) is 0 Å². The van der Waals surface area contributed by atoms with Crippen LogP contribution in [0, 0.1) is 23.2 Å². The topological polar surface area (TPSA) is 63.5 Å². The Labute approximate surface area is 187 Å². The van der Waals surface area contributed by atoms with E-state index in [1.54, 1.807) is 0 Å². The van der Waals surface area contributed by atoms with Gasteiger partial charge in [-0.25, -0.2) is 4.98 Å². The van der Waals surface area contributed by atoms with Crippen molar-refractivity contribution < 1.29 is 4.79 Å². The average Bonchev–Trinajstić information content (AvgIpc) is 3.24. The molecule has 3 aliphatic rings. The third kappa shape index (κ3) is 4.87. The number of carbonyl (C=O) groups is 1. The lowest BCUT2D eigenvalue weighted by Crippen LogP contribution is -2.51. The Kier molecular flexibility index (Phi) is 6.81. The van der Waals surface area contributed by atoms with Crippen molar-refractivity contribution in [1.82, 2.24) is 14.8 Å². The van der Waals surface area contributed by atoms with E-state index in [1.165, 1.54) is 16.8 Å². The van der Waals surface area contributed by atoms with E-state index in [1.807, 2.05) is 4.90 Å². The maximum Gasteiger partial charge on any atom is 0.236 e. The predicted molar refractivity (Wildman–Crippen MR) is 123 cm³/mol. The number of fused-ring (bicyclic) bond motifs is 1. The van der Waals surface area contributed by atoms with E-state index < -0.39 is 0 Å². The normalized spacial score (nSPS) is 20.2. The van der Waals surface area contributed by atoms with Crippen molar-refractivity contribution in [1.29, 1.82) is 5.26 Å². The number of hydrogen-bond acceptors (Lipinski definition) is 5. The molecule has 0 aromatic carbocycles. The lowest BCUT2D eigenvalue weighted by atomic mass is 9.97. The van der Waals surface area contributed by atoms with Gasteiger partial charge < -0.3 is 9.80 Å². The zero-order valence-corrected chi connectivity index (χ0v) is 19.5. The molecule has 6 heteroatoms. The quantitative estimate of drug-likeness (QED) is 0.728. The summed E-state index contributed by atoms with van der Waals surface area (Å²) in [5.41, 5.74) is 4.59. The monoisotopic (exact) mass is 423 g/mol. The number of aromatic nitrogens is 1. The second-order valence-electron chi connectivity index (χ2n) is 10.1. The van der Waals surface area contributed by atoms with E-state index in [2.05, 4.69) is 36.6 Å². The maximum atomic E-state index is 12.7.